The number of phenolic OH excluding ortho intramolecular Hbond substituents is 1. The molecular formula is C18H16N2O. The van der Waals surface area contributed by atoms with E-state index in [-0.39, 0.29) is 5.75 Å². The lowest BCUT2D eigenvalue weighted by Gasteiger charge is -2.06. The van der Waals surface area contributed by atoms with Gasteiger partial charge in [0.15, 0.2) is 0 Å². The minimum absolute atomic E-state index is 0.246. The lowest BCUT2D eigenvalue weighted by molar-refractivity contribution is 0.477. The number of phenols is 1. The molecule has 0 saturated carbocycles. The first-order chi connectivity index (χ1) is 10.2. The van der Waals surface area contributed by atoms with Crippen molar-refractivity contribution in [2.24, 2.45) is 0 Å². The second kappa shape index (κ2) is 5.75. The van der Waals surface area contributed by atoms with Gasteiger partial charge in [-0.1, -0.05) is 24.3 Å². The minimum atomic E-state index is 0.246. The molecule has 3 nitrogen and oxygen atoms in total. The number of para-hydroxylation sites is 1. The number of aromatic hydroxyl groups is 1. The molecule has 0 spiro atoms. The average molecular weight is 276 g/mol. The summed E-state index contributed by atoms with van der Waals surface area (Å²) < 4.78 is 0. The molecule has 0 amide bonds. The molecule has 0 aliphatic rings. The number of hydrogen-bond acceptors (Lipinski definition) is 3. The van der Waals surface area contributed by atoms with Gasteiger partial charge < -0.3 is 5.11 Å². The third kappa shape index (κ3) is 3.08. The van der Waals surface area contributed by atoms with Gasteiger partial charge in [0.05, 0.1) is 5.69 Å². The number of aryl methyl sites for hydroxylation is 1. The Balaban J connectivity index is 1.92. The number of benzene rings is 1. The smallest absolute Gasteiger partial charge is 0.124 e. The normalized spacial score (nSPS) is 10.5. The molecule has 2 aromatic heterocycles. The number of pyridine rings is 2. The average Bonchev–Trinajstić information content (AvgIpc) is 2.48. The molecule has 104 valence electrons. The molecule has 0 aliphatic heterocycles. The Bertz CT molecular complexity index is 768. The number of aromatic nitrogens is 2. The van der Waals surface area contributed by atoms with Gasteiger partial charge in [0.1, 0.15) is 5.75 Å². The molecule has 0 radical (unpaired) electrons. The Labute approximate surface area is 124 Å². The van der Waals surface area contributed by atoms with Crippen molar-refractivity contribution in [3.8, 4) is 17.0 Å². The van der Waals surface area contributed by atoms with Gasteiger partial charge in [-0.05, 0) is 43.3 Å². The third-order valence-corrected chi connectivity index (χ3v) is 3.30. The zero-order chi connectivity index (χ0) is 14.7. The molecule has 2 heterocycles. The van der Waals surface area contributed by atoms with Crippen LogP contribution in [0, 0.1) is 6.92 Å². The lowest BCUT2D eigenvalue weighted by Crippen LogP contribution is -1.97. The Kier molecular flexibility index (Phi) is 3.65. The lowest BCUT2D eigenvalue weighted by atomic mass is 10.1. The quantitative estimate of drug-likeness (QED) is 0.792. The second-order valence-electron chi connectivity index (χ2n) is 4.98. The van der Waals surface area contributed by atoms with Crippen molar-refractivity contribution in [2.75, 3.05) is 0 Å². The van der Waals surface area contributed by atoms with E-state index in [2.05, 4.69) is 9.97 Å². The summed E-state index contributed by atoms with van der Waals surface area (Å²) in [6.07, 6.45) is 0.684. The molecule has 0 saturated heterocycles. The van der Waals surface area contributed by atoms with Crippen LogP contribution in [-0.2, 0) is 6.42 Å². The Hall–Kier alpha value is -2.68. The molecular weight excluding hydrogens is 260 g/mol. The van der Waals surface area contributed by atoms with E-state index in [1.165, 1.54) is 0 Å². The first kappa shape index (κ1) is 13.3. The van der Waals surface area contributed by atoms with Gasteiger partial charge in [-0.2, -0.15) is 0 Å². The Morgan fingerprint density at radius 3 is 2.29 bits per heavy atom. The van der Waals surface area contributed by atoms with E-state index in [1.807, 2.05) is 55.5 Å². The summed E-state index contributed by atoms with van der Waals surface area (Å²) >= 11 is 0. The highest BCUT2D eigenvalue weighted by Crippen LogP contribution is 2.27. The standard InChI is InChI=1S/C18H16N2O/c1-13-6-4-7-14(19-13)12-15-8-5-10-17(20-15)16-9-2-3-11-18(16)21/h2-11,21H,12H2,1H3. The monoisotopic (exact) mass is 276 g/mol. The molecule has 3 aromatic rings. The summed E-state index contributed by atoms with van der Waals surface area (Å²) in [7, 11) is 0. The summed E-state index contributed by atoms with van der Waals surface area (Å²) in [5.41, 5.74) is 4.46. The maximum absolute atomic E-state index is 9.93. The largest absolute Gasteiger partial charge is 0.507 e. The van der Waals surface area contributed by atoms with E-state index in [1.54, 1.807) is 12.1 Å². The predicted molar refractivity (Wildman–Crippen MR) is 83.1 cm³/mol. The van der Waals surface area contributed by atoms with E-state index in [0.29, 0.717) is 6.42 Å². The van der Waals surface area contributed by atoms with E-state index in [0.717, 1.165) is 28.3 Å². The van der Waals surface area contributed by atoms with Gasteiger partial charge in [0, 0.05) is 29.1 Å². The predicted octanol–water partition coefficient (Wildman–Crippen LogP) is 3.75. The van der Waals surface area contributed by atoms with Crippen LogP contribution in [0.3, 0.4) is 0 Å². The summed E-state index contributed by atoms with van der Waals surface area (Å²) in [6, 6.07) is 19.1. The highest BCUT2D eigenvalue weighted by molar-refractivity contribution is 5.66. The summed E-state index contributed by atoms with van der Waals surface area (Å²) in [6.45, 7) is 1.98. The van der Waals surface area contributed by atoms with Crippen molar-refractivity contribution in [3.63, 3.8) is 0 Å². The van der Waals surface area contributed by atoms with Gasteiger partial charge in [0.2, 0.25) is 0 Å². The number of rotatable bonds is 3. The molecule has 1 aromatic carbocycles. The Morgan fingerprint density at radius 2 is 1.52 bits per heavy atom. The topological polar surface area (TPSA) is 46.0 Å². The van der Waals surface area contributed by atoms with Crippen molar-refractivity contribution < 1.29 is 5.11 Å². The fourth-order valence-electron chi connectivity index (χ4n) is 2.30. The van der Waals surface area contributed by atoms with Crippen molar-refractivity contribution in [1.29, 1.82) is 0 Å². The van der Waals surface area contributed by atoms with Crippen LogP contribution in [-0.4, -0.2) is 15.1 Å². The molecule has 0 aliphatic carbocycles. The van der Waals surface area contributed by atoms with Crippen LogP contribution in [0.2, 0.25) is 0 Å². The maximum Gasteiger partial charge on any atom is 0.124 e. The molecule has 0 fully saturated rings. The van der Waals surface area contributed by atoms with Crippen LogP contribution in [0.15, 0.2) is 60.7 Å². The van der Waals surface area contributed by atoms with E-state index in [9.17, 15) is 5.11 Å². The van der Waals surface area contributed by atoms with Gasteiger partial charge in [-0.3, -0.25) is 9.97 Å². The van der Waals surface area contributed by atoms with Crippen molar-refractivity contribution in [1.82, 2.24) is 9.97 Å². The fraction of sp³-hybridized carbons (Fsp3) is 0.111. The first-order valence-electron chi connectivity index (χ1n) is 6.89. The van der Waals surface area contributed by atoms with Crippen LogP contribution in [0.5, 0.6) is 5.75 Å². The molecule has 21 heavy (non-hydrogen) atoms. The Morgan fingerprint density at radius 1 is 0.810 bits per heavy atom. The van der Waals surface area contributed by atoms with Crippen LogP contribution in [0.25, 0.3) is 11.3 Å². The minimum Gasteiger partial charge on any atom is -0.507 e. The highest BCUT2D eigenvalue weighted by atomic mass is 16.3. The third-order valence-electron chi connectivity index (χ3n) is 3.30. The molecule has 0 bridgehead atoms. The van der Waals surface area contributed by atoms with Crippen LogP contribution >= 0.6 is 0 Å². The van der Waals surface area contributed by atoms with Crippen LogP contribution in [0.4, 0.5) is 0 Å². The molecule has 3 heteroatoms. The van der Waals surface area contributed by atoms with E-state index >= 15 is 0 Å². The van der Waals surface area contributed by atoms with Gasteiger partial charge in [0.25, 0.3) is 0 Å². The van der Waals surface area contributed by atoms with Crippen LogP contribution in [0.1, 0.15) is 17.1 Å². The number of nitrogens with zero attached hydrogens (tertiary/aromatic N) is 2. The summed E-state index contributed by atoms with van der Waals surface area (Å²) in [4.78, 5) is 9.13. The summed E-state index contributed by atoms with van der Waals surface area (Å²) in [5, 5.41) is 9.93. The molecule has 1 N–H and O–H groups in total. The zero-order valence-electron chi connectivity index (χ0n) is 11.8. The fourth-order valence-corrected chi connectivity index (χ4v) is 2.30. The van der Waals surface area contributed by atoms with Crippen molar-refractivity contribution in [2.45, 2.75) is 13.3 Å². The SMILES string of the molecule is Cc1cccc(Cc2cccc(-c3ccccc3O)n2)n1. The highest BCUT2D eigenvalue weighted by Gasteiger charge is 2.06. The van der Waals surface area contributed by atoms with E-state index in [4.69, 9.17) is 0 Å². The van der Waals surface area contributed by atoms with E-state index < -0.39 is 0 Å². The first-order valence-corrected chi connectivity index (χ1v) is 6.89. The van der Waals surface area contributed by atoms with Crippen molar-refractivity contribution >= 4 is 0 Å². The molecule has 3 rings (SSSR count). The van der Waals surface area contributed by atoms with Gasteiger partial charge in [-0.25, -0.2) is 0 Å². The molecule has 0 atom stereocenters. The van der Waals surface area contributed by atoms with Gasteiger partial charge >= 0.3 is 0 Å². The second-order valence-corrected chi connectivity index (χ2v) is 4.98. The maximum atomic E-state index is 9.93. The molecule has 0 unspecified atom stereocenters. The van der Waals surface area contributed by atoms with Gasteiger partial charge in [-0.15, -0.1) is 0 Å². The van der Waals surface area contributed by atoms with Crippen molar-refractivity contribution in [3.05, 3.63) is 77.7 Å². The number of hydrogen-bond donors (Lipinski definition) is 1. The summed E-state index contributed by atoms with van der Waals surface area (Å²) in [5.74, 6) is 0.246. The zero-order valence-corrected chi connectivity index (χ0v) is 11.8. The van der Waals surface area contributed by atoms with Crippen LogP contribution < -0.4 is 0 Å².